The van der Waals surface area contributed by atoms with Crippen LogP contribution in [0.25, 0.3) is 10.2 Å². The van der Waals surface area contributed by atoms with Crippen LogP contribution in [0.3, 0.4) is 0 Å². The number of anilines is 1. The number of para-hydroxylation sites is 1. The molecule has 0 saturated carbocycles. The molecule has 1 heterocycles. The summed E-state index contributed by atoms with van der Waals surface area (Å²) in [6.07, 6.45) is 1.54. The molecule has 50 heavy (non-hydrogen) atoms. The number of hydrogen-bond acceptors (Lipinski definition) is 11. The number of nitrogens with one attached hydrogen (secondary N) is 1. The average Bonchev–Trinajstić information content (AvgIpc) is 3.50. The van der Waals surface area contributed by atoms with Crippen LogP contribution in [0.5, 0.6) is 28.7 Å². The van der Waals surface area contributed by atoms with Crippen molar-refractivity contribution in [2.45, 2.75) is 52.2 Å². The molecule has 5 rings (SSSR count). The summed E-state index contributed by atoms with van der Waals surface area (Å²) in [4.78, 5) is 40.7. The summed E-state index contributed by atoms with van der Waals surface area (Å²) in [6, 6.07) is 25.6. The lowest BCUT2D eigenvalue weighted by Gasteiger charge is -2.34. The van der Waals surface area contributed by atoms with Crippen LogP contribution in [-0.4, -0.2) is 38.9 Å². The Bertz CT molecular complexity index is 1990. The second kappa shape index (κ2) is 15.1. The molecule has 0 aliphatic rings. The van der Waals surface area contributed by atoms with Gasteiger partial charge >= 0.3 is 11.9 Å². The third kappa shape index (κ3) is 9.60. The van der Waals surface area contributed by atoms with Gasteiger partial charge in [0.15, 0.2) is 11.5 Å². The normalized spacial score (nSPS) is 11.8. The van der Waals surface area contributed by atoms with Crippen molar-refractivity contribution in [2.24, 2.45) is 5.10 Å². The molecule has 0 bridgehead atoms. The van der Waals surface area contributed by atoms with E-state index in [0.29, 0.717) is 51.4 Å². The van der Waals surface area contributed by atoms with E-state index in [1.165, 1.54) is 11.3 Å². The van der Waals surface area contributed by atoms with E-state index in [2.05, 4.69) is 22.1 Å². The molecule has 0 atom stereocenters. The van der Waals surface area contributed by atoms with Crippen LogP contribution >= 0.6 is 11.3 Å². The minimum absolute atomic E-state index is 0.253. The third-order valence-corrected chi connectivity index (χ3v) is 8.07. The third-order valence-electron chi connectivity index (χ3n) is 7.13. The summed E-state index contributed by atoms with van der Waals surface area (Å²) in [7, 11) is 0. The zero-order valence-corrected chi connectivity index (χ0v) is 29.1. The van der Waals surface area contributed by atoms with Crippen LogP contribution in [0.1, 0.15) is 57.0 Å². The molecule has 4 aromatic carbocycles. The largest absolute Gasteiger partial charge is 0.593 e. The number of carbonyl (C=O) groups is 2. The van der Waals surface area contributed by atoms with Gasteiger partial charge < -0.3 is 19.3 Å². The topological polar surface area (TPSA) is 140 Å². The molecule has 12 heteroatoms. The number of rotatable bonds is 14. The Morgan fingerprint density at radius 3 is 2.28 bits per heavy atom. The van der Waals surface area contributed by atoms with Gasteiger partial charge in [-0.3, -0.25) is 15.2 Å². The molecule has 0 radical (unpaired) electrons. The minimum Gasteiger partial charge on any atom is -0.593 e. The van der Waals surface area contributed by atoms with Gasteiger partial charge in [0.2, 0.25) is 5.13 Å². The van der Waals surface area contributed by atoms with Crippen LogP contribution in [0.15, 0.2) is 109 Å². The van der Waals surface area contributed by atoms with E-state index < -0.39 is 23.1 Å². The van der Waals surface area contributed by atoms with Crippen molar-refractivity contribution in [3.63, 3.8) is 0 Å². The Morgan fingerprint density at radius 2 is 1.58 bits per heavy atom. The Labute approximate surface area is 293 Å². The first-order valence-corrected chi connectivity index (χ1v) is 16.4. The van der Waals surface area contributed by atoms with Crippen molar-refractivity contribution in [1.29, 1.82) is 0 Å². The highest BCUT2D eigenvalue weighted by Crippen LogP contribution is 2.31. The summed E-state index contributed by atoms with van der Waals surface area (Å²) in [5.41, 5.74) is 3.69. The maximum Gasteiger partial charge on any atom is 0.343 e. The van der Waals surface area contributed by atoms with E-state index in [1.807, 2.05) is 38.1 Å². The Balaban J connectivity index is 1.30. The van der Waals surface area contributed by atoms with Crippen molar-refractivity contribution in [3.05, 3.63) is 115 Å². The molecule has 0 saturated heterocycles. The summed E-state index contributed by atoms with van der Waals surface area (Å²) in [5.74, 6) is 0.762. The van der Waals surface area contributed by atoms with Crippen LogP contribution in [-0.2, 0) is 9.53 Å². The van der Waals surface area contributed by atoms with E-state index >= 15 is 0 Å². The van der Waals surface area contributed by atoms with Gasteiger partial charge in [0.1, 0.15) is 22.7 Å². The van der Waals surface area contributed by atoms with Gasteiger partial charge in [-0.15, -0.1) is 0 Å². The molecule has 5 aromatic rings. The van der Waals surface area contributed by atoms with Gasteiger partial charge in [-0.05, 0) is 101 Å². The maximum absolute atomic E-state index is 13.2. The van der Waals surface area contributed by atoms with Crippen molar-refractivity contribution in [3.8, 4) is 28.7 Å². The zero-order valence-electron chi connectivity index (χ0n) is 28.3. The molecule has 1 aromatic heterocycles. The lowest BCUT2D eigenvalue weighted by molar-refractivity contribution is -0.154. The number of nitrogens with zero attached hydrogens (tertiary/aromatic N) is 2. The SMILES string of the molecule is C=CC(=O)OC(C)(C)CC(C)(C)Oc1ccc(C(=O)Oc2ccc(OOc3ccc([OH2+])cc3)c(/C(C)=N/Nc3nc4ccccc4s3)c2)cc1. The van der Waals surface area contributed by atoms with E-state index in [0.717, 1.165) is 16.3 Å². The van der Waals surface area contributed by atoms with Gasteiger partial charge in [0.25, 0.3) is 5.75 Å². The van der Waals surface area contributed by atoms with E-state index in [-0.39, 0.29) is 5.75 Å². The molecule has 0 aliphatic heterocycles. The highest BCUT2D eigenvalue weighted by molar-refractivity contribution is 7.22. The number of benzene rings is 4. The number of hydrogen-bond donors (Lipinski definition) is 1. The Morgan fingerprint density at radius 1 is 0.900 bits per heavy atom. The van der Waals surface area contributed by atoms with E-state index in [9.17, 15) is 9.59 Å². The maximum atomic E-state index is 13.2. The van der Waals surface area contributed by atoms with Gasteiger partial charge in [-0.1, -0.05) is 30.0 Å². The molecule has 0 spiro atoms. The van der Waals surface area contributed by atoms with Gasteiger partial charge in [-0.25, -0.2) is 14.6 Å². The van der Waals surface area contributed by atoms with Crippen LogP contribution in [0.2, 0.25) is 0 Å². The number of thiazole rings is 1. The number of aromatic nitrogens is 1. The summed E-state index contributed by atoms with van der Waals surface area (Å²) < 4.78 is 18.4. The quantitative estimate of drug-likeness (QED) is 0.0231. The fraction of sp³-hybridized carbons (Fsp3) is 0.211. The fourth-order valence-corrected chi connectivity index (χ4v) is 6.01. The van der Waals surface area contributed by atoms with Crippen molar-refractivity contribution in [2.75, 3.05) is 5.43 Å². The summed E-state index contributed by atoms with van der Waals surface area (Å²) in [6.45, 7) is 12.6. The number of esters is 2. The standard InChI is InChI=1S/C38H37N3O8S/c1-7-34(43)47-38(5,6)23-37(3,4)46-27-16-12-25(13-17-27)35(44)45-29-20-21-32(49-48-28-18-14-26(42)15-19-28)30(22-29)24(2)40-41-36-39-31-10-8-9-11-33(31)50-36/h7-22,42H,1,23H2,2-6H3,(H,39,41)/p+1/b40-24+. The van der Waals surface area contributed by atoms with Gasteiger partial charge in [-0.2, -0.15) is 5.10 Å². The second-order valence-electron chi connectivity index (χ2n) is 12.5. The Kier molecular flexibility index (Phi) is 10.7. The summed E-state index contributed by atoms with van der Waals surface area (Å²) >= 11 is 1.47. The molecule has 0 fully saturated rings. The van der Waals surface area contributed by atoms with Crippen molar-refractivity contribution >= 4 is 44.3 Å². The minimum atomic E-state index is -0.785. The molecule has 258 valence electrons. The first-order valence-electron chi connectivity index (χ1n) is 15.6. The second-order valence-corrected chi connectivity index (χ2v) is 13.5. The highest BCUT2D eigenvalue weighted by atomic mass is 32.1. The van der Waals surface area contributed by atoms with Crippen molar-refractivity contribution in [1.82, 2.24) is 4.98 Å². The van der Waals surface area contributed by atoms with E-state index in [4.69, 9.17) is 29.1 Å². The molecule has 11 nitrogen and oxygen atoms in total. The van der Waals surface area contributed by atoms with Crippen LogP contribution in [0.4, 0.5) is 5.13 Å². The molecule has 0 amide bonds. The smallest absolute Gasteiger partial charge is 0.343 e. The fourth-order valence-electron chi connectivity index (χ4n) is 5.20. The van der Waals surface area contributed by atoms with E-state index in [1.54, 1.807) is 87.5 Å². The summed E-state index contributed by atoms with van der Waals surface area (Å²) in [5, 5.41) is 12.8. The van der Waals surface area contributed by atoms with Gasteiger partial charge in [0.05, 0.1) is 21.5 Å². The number of hydrazone groups is 1. The monoisotopic (exact) mass is 696 g/mol. The number of ether oxygens (including phenoxy) is 3. The zero-order chi connectivity index (χ0) is 35.9. The molecule has 0 unspecified atom stereocenters. The lowest BCUT2D eigenvalue weighted by atomic mass is 9.92. The predicted molar refractivity (Wildman–Crippen MR) is 194 cm³/mol. The lowest BCUT2D eigenvalue weighted by Crippen LogP contribution is -2.40. The van der Waals surface area contributed by atoms with Crippen LogP contribution in [0, 0.1) is 0 Å². The molecule has 3 N–H and O–H groups in total. The van der Waals surface area contributed by atoms with Gasteiger partial charge in [0, 0.05) is 30.2 Å². The van der Waals surface area contributed by atoms with Crippen molar-refractivity contribution < 1.29 is 38.7 Å². The highest BCUT2D eigenvalue weighted by Gasteiger charge is 2.33. The first-order chi connectivity index (χ1) is 23.8. The molecular formula is C38H38N3O8S+. The first kappa shape index (κ1) is 35.4. The predicted octanol–water partition coefficient (Wildman–Crippen LogP) is 8.22. The number of carbonyl (C=O) groups excluding carboxylic acids is 2. The van der Waals surface area contributed by atoms with Crippen LogP contribution < -0.4 is 24.7 Å². The Hall–Kier alpha value is -5.88. The number of fused-ring (bicyclic) bond motifs is 1. The molecule has 0 aliphatic carbocycles. The average molecular weight is 697 g/mol. The molecular weight excluding hydrogens is 658 g/mol.